The Bertz CT molecular complexity index is 574. The molecule has 0 atom stereocenters. The second-order valence-corrected chi connectivity index (χ2v) is 5.73. The summed E-state index contributed by atoms with van der Waals surface area (Å²) in [5.74, 6) is 0. The molecule has 0 aliphatic carbocycles. The molecule has 0 radical (unpaired) electrons. The number of nitrogens with one attached hydrogen (secondary N) is 3. The topological polar surface area (TPSA) is 50.1 Å². The number of quaternary nitrogens is 1. The van der Waals surface area contributed by atoms with Crippen LogP contribution in [0.4, 0.5) is 13.2 Å². The van der Waals surface area contributed by atoms with Crippen LogP contribution in [0.15, 0.2) is 29.4 Å². The van der Waals surface area contributed by atoms with Crippen LogP contribution in [0.1, 0.15) is 11.1 Å². The lowest BCUT2D eigenvalue weighted by Gasteiger charge is -2.23. The fourth-order valence-corrected chi connectivity index (χ4v) is 2.49. The minimum atomic E-state index is -4.41. The Balaban J connectivity index is 1.76. The van der Waals surface area contributed by atoms with Gasteiger partial charge in [-0.3, -0.25) is 5.43 Å². The largest absolute Gasteiger partial charge is 0.417 e. The van der Waals surface area contributed by atoms with E-state index in [4.69, 9.17) is 17.0 Å². The standard InChI is InChI=1S/C15H19F3N4OS/c16-15(17,18)13-4-2-1-3-12(13)11-20-21-14(24)19-5-6-22-7-9-23-10-8-22/h1-4,11H,5-10H2,(H2,19,21,24)/p+1/b20-11-. The highest BCUT2D eigenvalue weighted by molar-refractivity contribution is 7.80. The summed E-state index contributed by atoms with van der Waals surface area (Å²) in [5, 5.41) is 7.04. The third-order valence-electron chi connectivity index (χ3n) is 3.60. The third kappa shape index (κ3) is 6.06. The lowest BCUT2D eigenvalue weighted by atomic mass is 10.1. The number of ether oxygens (including phenoxy) is 1. The van der Waals surface area contributed by atoms with Crippen molar-refractivity contribution in [1.29, 1.82) is 0 Å². The number of morpholine rings is 1. The summed E-state index contributed by atoms with van der Waals surface area (Å²) in [6, 6.07) is 5.24. The lowest BCUT2D eigenvalue weighted by molar-refractivity contribution is -0.906. The first-order chi connectivity index (χ1) is 11.5. The highest BCUT2D eigenvalue weighted by atomic mass is 32.1. The first-order valence-electron chi connectivity index (χ1n) is 7.61. The molecule has 3 N–H and O–H groups in total. The molecule has 2 rings (SSSR count). The van der Waals surface area contributed by atoms with Gasteiger partial charge in [-0.05, 0) is 18.3 Å². The van der Waals surface area contributed by atoms with E-state index in [1.165, 1.54) is 23.1 Å². The second-order valence-electron chi connectivity index (χ2n) is 5.32. The van der Waals surface area contributed by atoms with Gasteiger partial charge in [-0.25, -0.2) is 0 Å². The summed E-state index contributed by atoms with van der Waals surface area (Å²) in [6.45, 7) is 5.02. The molecule has 1 aliphatic rings. The van der Waals surface area contributed by atoms with Crippen molar-refractivity contribution in [2.45, 2.75) is 6.18 Å². The van der Waals surface area contributed by atoms with Crippen LogP contribution < -0.4 is 15.6 Å². The molecule has 0 spiro atoms. The Morgan fingerprint density at radius 2 is 2.00 bits per heavy atom. The maximum Gasteiger partial charge on any atom is 0.417 e. The number of hydrazone groups is 1. The van der Waals surface area contributed by atoms with Crippen molar-refractivity contribution in [2.24, 2.45) is 5.10 Å². The van der Waals surface area contributed by atoms with Gasteiger partial charge in [-0.1, -0.05) is 18.2 Å². The van der Waals surface area contributed by atoms with Crippen LogP contribution in [0, 0.1) is 0 Å². The van der Waals surface area contributed by atoms with Crippen LogP contribution in [-0.4, -0.2) is 50.7 Å². The molecule has 1 saturated heterocycles. The number of benzene rings is 1. The Hall–Kier alpha value is -1.71. The molecule has 24 heavy (non-hydrogen) atoms. The van der Waals surface area contributed by atoms with Gasteiger partial charge in [0.25, 0.3) is 0 Å². The van der Waals surface area contributed by atoms with Gasteiger partial charge < -0.3 is 15.0 Å². The zero-order valence-electron chi connectivity index (χ0n) is 13.0. The average Bonchev–Trinajstić information content (AvgIpc) is 2.55. The molecular weight excluding hydrogens is 341 g/mol. The summed E-state index contributed by atoms with van der Waals surface area (Å²) < 4.78 is 43.8. The summed E-state index contributed by atoms with van der Waals surface area (Å²) in [4.78, 5) is 1.43. The number of nitrogens with zero attached hydrogens (tertiary/aromatic N) is 1. The lowest BCUT2D eigenvalue weighted by Crippen LogP contribution is -3.14. The van der Waals surface area contributed by atoms with Crippen molar-refractivity contribution in [3.8, 4) is 0 Å². The molecular formula is C15H20F3N4OS+. The van der Waals surface area contributed by atoms with E-state index in [0.29, 0.717) is 6.54 Å². The summed E-state index contributed by atoms with van der Waals surface area (Å²) in [5.41, 5.74) is 1.79. The fraction of sp³-hybridized carbons (Fsp3) is 0.467. The number of rotatable bonds is 5. The molecule has 1 aliphatic heterocycles. The first-order valence-corrected chi connectivity index (χ1v) is 8.02. The van der Waals surface area contributed by atoms with E-state index >= 15 is 0 Å². The molecule has 0 bridgehead atoms. The van der Waals surface area contributed by atoms with Gasteiger partial charge in [-0.15, -0.1) is 0 Å². The Labute approximate surface area is 143 Å². The van der Waals surface area contributed by atoms with Crippen molar-refractivity contribution >= 4 is 23.5 Å². The van der Waals surface area contributed by atoms with Gasteiger partial charge in [0.2, 0.25) is 0 Å². The molecule has 9 heteroatoms. The molecule has 0 unspecified atom stereocenters. The highest BCUT2D eigenvalue weighted by Gasteiger charge is 2.32. The predicted octanol–water partition coefficient (Wildman–Crippen LogP) is 0.419. The highest BCUT2D eigenvalue weighted by Crippen LogP contribution is 2.30. The van der Waals surface area contributed by atoms with E-state index in [9.17, 15) is 13.2 Å². The van der Waals surface area contributed by atoms with Crippen LogP contribution in [-0.2, 0) is 10.9 Å². The first kappa shape index (κ1) is 18.6. The van der Waals surface area contributed by atoms with Crippen molar-refractivity contribution in [1.82, 2.24) is 10.7 Å². The van der Waals surface area contributed by atoms with Gasteiger partial charge in [0.1, 0.15) is 13.1 Å². The van der Waals surface area contributed by atoms with Gasteiger partial charge in [0, 0.05) is 5.56 Å². The molecule has 5 nitrogen and oxygen atoms in total. The number of alkyl halides is 3. The van der Waals surface area contributed by atoms with Crippen LogP contribution in [0.3, 0.4) is 0 Å². The molecule has 1 fully saturated rings. The van der Waals surface area contributed by atoms with Gasteiger partial charge >= 0.3 is 6.18 Å². The Morgan fingerprint density at radius 1 is 1.29 bits per heavy atom. The van der Waals surface area contributed by atoms with Crippen molar-refractivity contribution in [2.75, 3.05) is 39.4 Å². The van der Waals surface area contributed by atoms with E-state index < -0.39 is 11.7 Å². The molecule has 0 amide bonds. The van der Waals surface area contributed by atoms with Crippen molar-refractivity contribution in [3.63, 3.8) is 0 Å². The van der Waals surface area contributed by atoms with Gasteiger partial charge in [0.05, 0.1) is 38.1 Å². The van der Waals surface area contributed by atoms with E-state index in [1.54, 1.807) is 0 Å². The fourth-order valence-electron chi connectivity index (χ4n) is 2.33. The van der Waals surface area contributed by atoms with Crippen LogP contribution in [0.5, 0.6) is 0 Å². The SMILES string of the molecule is FC(F)(F)c1ccccc1/C=N\NC(=S)NCC[NH+]1CCOCC1. The maximum absolute atomic E-state index is 12.8. The number of hydrogen-bond donors (Lipinski definition) is 3. The van der Waals surface area contributed by atoms with E-state index in [1.807, 2.05) is 0 Å². The Kier molecular flexibility index (Phi) is 6.95. The Morgan fingerprint density at radius 3 is 2.71 bits per heavy atom. The molecule has 1 aromatic carbocycles. The molecule has 0 saturated carbocycles. The van der Waals surface area contributed by atoms with E-state index in [-0.39, 0.29) is 10.7 Å². The number of thiocarbonyl (C=S) groups is 1. The molecule has 0 aromatic heterocycles. The van der Waals surface area contributed by atoms with Gasteiger partial charge in [0.15, 0.2) is 5.11 Å². The molecule has 1 heterocycles. The third-order valence-corrected chi connectivity index (χ3v) is 3.84. The van der Waals surface area contributed by atoms with Crippen LogP contribution >= 0.6 is 12.2 Å². The quantitative estimate of drug-likeness (QED) is 0.404. The number of hydrogen-bond acceptors (Lipinski definition) is 3. The summed E-state index contributed by atoms with van der Waals surface area (Å²) >= 11 is 5.05. The zero-order chi connectivity index (χ0) is 17.4. The van der Waals surface area contributed by atoms with E-state index in [0.717, 1.165) is 45.1 Å². The number of halogens is 3. The van der Waals surface area contributed by atoms with E-state index in [2.05, 4.69) is 15.8 Å². The minimum Gasteiger partial charge on any atom is -0.370 e. The van der Waals surface area contributed by atoms with Crippen LogP contribution in [0.25, 0.3) is 0 Å². The predicted molar refractivity (Wildman–Crippen MR) is 89.2 cm³/mol. The maximum atomic E-state index is 12.8. The normalized spacial score (nSPS) is 16.3. The average molecular weight is 361 g/mol. The molecule has 1 aromatic rings. The smallest absolute Gasteiger partial charge is 0.370 e. The van der Waals surface area contributed by atoms with Crippen molar-refractivity contribution < 1.29 is 22.8 Å². The monoisotopic (exact) mass is 361 g/mol. The summed E-state index contributed by atoms with van der Waals surface area (Å²) in [7, 11) is 0. The zero-order valence-corrected chi connectivity index (χ0v) is 13.8. The minimum absolute atomic E-state index is 0.0157. The second kappa shape index (κ2) is 8.95. The van der Waals surface area contributed by atoms with Gasteiger partial charge in [-0.2, -0.15) is 18.3 Å². The summed E-state index contributed by atoms with van der Waals surface area (Å²) in [6.07, 6.45) is -3.30. The van der Waals surface area contributed by atoms with Crippen molar-refractivity contribution in [3.05, 3.63) is 35.4 Å². The van der Waals surface area contributed by atoms with Crippen LogP contribution in [0.2, 0.25) is 0 Å². The molecule has 132 valence electrons.